The summed E-state index contributed by atoms with van der Waals surface area (Å²) in [5.41, 5.74) is 5.25. The van der Waals surface area contributed by atoms with E-state index in [1.165, 1.54) is 11.7 Å². The number of rotatable bonds is 3. The third-order valence-electron chi connectivity index (χ3n) is 2.91. The van der Waals surface area contributed by atoms with Crippen molar-refractivity contribution >= 4 is 12.8 Å². The molecule has 1 fully saturated rings. The highest BCUT2D eigenvalue weighted by Gasteiger charge is 2.40. The van der Waals surface area contributed by atoms with E-state index < -0.39 is 37.4 Å². The van der Waals surface area contributed by atoms with Gasteiger partial charge in [0.15, 0.2) is 0 Å². The van der Waals surface area contributed by atoms with Crippen LogP contribution in [0.2, 0.25) is 6.82 Å². The number of carbonyl (C=O) groups is 1. The van der Waals surface area contributed by atoms with E-state index in [0.29, 0.717) is 19.4 Å². The molecule has 1 heterocycles. The molecule has 0 spiro atoms. The molecular weight excluding hydrogens is 236 g/mol. The van der Waals surface area contributed by atoms with E-state index in [-0.39, 0.29) is 0 Å². The molecule has 4 nitrogen and oxygen atoms in total. The molecule has 98 valence electrons. The van der Waals surface area contributed by atoms with E-state index in [1.54, 1.807) is 0 Å². The molecule has 2 atom stereocenters. The normalized spacial score (nSPS) is 22.7. The van der Waals surface area contributed by atoms with Gasteiger partial charge in [0.25, 0.3) is 0 Å². The Kier molecular flexibility index (Phi) is 4.43. The first kappa shape index (κ1) is 14.3. The van der Waals surface area contributed by atoms with Crippen molar-refractivity contribution in [2.45, 2.75) is 44.2 Å². The van der Waals surface area contributed by atoms with Gasteiger partial charge in [0.05, 0.1) is 12.5 Å². The molecule has 3 N–H and O–H groups in total. The maximum Gasteiger partial charge on any atom is 0.391 e. The molecule has 1 rings (SSSR count). The molecule has 0 bridgehead atoms. The summed E-state index contributed by atoms with van der Waals surface area (Å²) in [5, 5.41) is 9.43. The van der Waals surface area contributed by atoms with Crippen LogP contribution in [0.5, 0.6) is 0 Å². The fraction of sp³-hybridized carbons (Fsp3) is 0.889. The molecule has 0 saturated carbocycles. The molecule has 1 amide bonds. The maximum atomic E-state index is 12.1. The lowest BCUT2D eigenvalue weighted by atomic mass is 9.62. The zero-order chi connectivity index (χ0) is 13.2. The van der Waals surface area contributed by atoms with Gasteiger partial charge in [-0.2, -0.15) is 13.2 Å². The van der Waals surface area contributed by atoms with E-state index >= 15 is 0 Å². The van der Waals surface area contributed by atoms with E-state index in [9.17, 15) is 23.0 Å². The topological polar surface area (TPSA) is 66.6 Å². The van der Waals surface area contributed by atoms with Gasteiger partial charge in [0.1, 0.15) is 0 Å². The smallest absolute Gasteiger partial charge is 0.391 e. The summed E-state index contributed by atoms with van der Waals surface area (Å²) < 4.78 is 36.3. The minimum absolute atomic E-state index is 0.361. The van der Waals surface area contributed by atoms with Crippen molar-refractivity contribution in [1.29, 1.82) is 0 Å². The summed E-state index contributed by atoms with van der Waals surface area (Å²) in [4.78, 5) is 13.0. The lowest BCUT2D eigenvalue weighted by molar-refractivity contribution is -0.152. The molecule has 0 aromatic carbocycles. The monoisotopic (exact) mass is 252 g/mol. The molecule has 17 heavy (non-hydrogen) atoms. The zero-order valence-electron chi connectivity index (χ0n) is 9.57. The predicted octanol–water partition coefficient (Wildman–Crippen LogP) is 0.410. The number of likely N-dealkylation sites (tertiary alicyclic amines) is 1. The third kappa shape index (κ3) is 3.88. The van der Waals surface area contributed by atoms with Gasteiger partial charge < -0.3 is 15.7 Å². The van der Waals surface area contributed by atoms with Crippen LogP contribution in [-0.2, 0) is 4.79 Å². The quantitative estimate of drug-likeness (QED) is 0.715. The second kappa shape index (κ2) is 5.26. The van der Waals surface area contributed by atoms with Crippen LogP contribution < -0.4 is 5.73 Å². The van der Waals surface area contributed by atoms with E-state index in [2.05, 4.69) is 0 Å². The molecule has 0 unspecified atom stereocenters. The Bertz CT molecular complexity index is 286. The summed E-state index contributed by atoms with van der Waals surface area (Å²) in [5.74, 6) is -1.15. The third-order valence-corrected chi connectivity index (χ3v) is 2.91. The van der Waals surface area contributed by atoms with Crippen LogP contribution in [-0.4, -0.2) is 47.5 Å². The first-order valence-electron chi connectivity index (χ1n) is 5.53. The molecule has 1 aliphatic rings. The average Bonchev–Trinajstić information content (AvgIpc) is 2.61. The average molecular weight is 252 g/mol. The van der Waals surface area contributed by atoms with E-state index in [0.717, 1.165) is 0 Å². The van der Waals surface area contributed by atoms with Crippen molar-refractivity contribution in [1.82, 2.24) is 4.90 Å². The van der Waals surface area contributed by atoms with Gasteiger partial charge in [-0.3, -0.25) is 4.79 Å². The maximum absolute atomic E-state index is 12.1. The lowest BCUT2D eigenvalue weighted by Gasteiger charge is -2.28. The highest BCUT2D eigenvalue weighted by Crippen LogP contribution is 2.24. The standard InChI is InChI=1S/C9H16BF3N2O2/c1-10(17)7-3-2-4-15(7)8(16)6(14)5-9(11,12)13/h6-7,17H,2-5,14H2,1H3/t6-,7-/m0/s1. The van der Waals surface area contributed by atoms with E-state index in [1.807, 2.05) is 0 Å². The SMILES string of the molecule is CB(O)[C@@H]1CCCN1C(=O)[C@@H](N)CC(F)(F)F. The number of halogens is 3. The van der Waals surface area contributed by atoms with Crippen LogP contribution in [0.1, 0.15) is 19.3 Å². The van der Waals surface area contributed by atoms with Gasteiger partial charge in [-0.25, -0.2) is 0 Å². The van der Waals surface area contributed by atoms with Crippen molar-refractivity contribution < 1.29 is 23.0 Å². The van der Waals surface area contributed by atoms with Gasteiger partial charge in [0, 0.05) is 12.5 Å². The largest absolute Gasteiger partial charge is 0.449 e. The van der Waals surface area contributed by atoms with Crippen LogP contribution in [0.3, 0.4) is 0 Å². The van der Waals surface area contributed by atoms with Gasteiger partial charge in [-0.05, 0) is 12.8 Å². The van der Waals surface area contributed by atoms with Gasteiger partial charge in [-0.1, -0.05) is 6.82 Å². The Morgan fingerprint density at radius 1 is 1.65 bits per heavy atom. The number of amides is 1. The summed E-state index contributed by atoms with van der Waals surface area (Å²) in [6.45, 7) is 1.13. The van der Waals surface area contributed by atoms with Gasteiger partial charge >= 0.3 is 13.1 Å². The Labute approximate surface area is 98.1 Å². The molecule has 0 aromatic heterocycles. The van der Waals surface area contributed by atoms with Gasteiger partial charge in [-0.15, -0.1) is 0 Å². The highest BCUT2D eigenvalue weighted by atomic mass is 19.4. The molecule has 1 saturated heterocycles. The second-order valence-corrected chi connectivity index (χ2v) is 4.41. The predicted molar refractivity (Wildman–Crippen MR) is 57.2 cm³/mol. The van der Waals surface area contributed by atoms with Crippen molar-refractivity contribution in [2.75, 3.05) is 6.54 Å². The first-order chi connectivity index (χ1) is 7.72. The summed E-state index contributed by atoms with van der Waals surface area (Å²) in [6.07, 6.45) is -4.49. The first-order valence-corrected chi connectivity index (χ1v) is 5.53. The van der Waals surface area contributed by atoms with Crippen molar-refractivity contribution in [2.24, 2.45) is 5.73 Å². The van der Waals surface area contributed by atoms with Crippen molar-refractivity contribution in [3.63, 3.8) is 0 Å². The minimum atomic E-state index is -4.45. The van der Waals surface area contributed by atoms with Crippen molar-refractivity contribution in [3.8, 4) is 0 Å². The summed E-state index contributed by atoms with van der Waals surface area (Å²) in [6, 6.07) is -1.57. The fourth-order valence-corrected chi connectivity index (χ4v) is 2.12. The Morgan fingerprint density at radius 3 is 2.71 bits per heavy atom. The molecule has 8 heteroatoms. The molecule has 0 aromatic rings. The summed E-state index contributed by atoms with van der Waals surface area (Å²) >= 11 is 0. The number of hydrogen-bond donors (Lipinski definition) is 2. The number of carbonyl (C=O) groups excluding carboxylic acids is 1. The minimum Gasteiger partial charge on any atom is -0.449 e. The highest BCUT2D eigenvalue weighted by molar-refractivity contribution is 6.51. The molecule has 0 aliphatic carbocycles. The van der Waals surface area contributed by atoms with Crippen LogP contribution in [0.15, 0.2) is 0 Å². The van der Waals surface area contributed by atoms with Crippen LogP contribution >= 0.6 is 0 Å². The fourth-order valence-electron chi connectivity index (χ4n) is 2.12. The number of nitrogens with zero attached hydrogens (tertiary/aromatic N) is 1. The number of nitrogens with two attached hydrogens (primary N) is 1. The van der Waals surface area contributed by atoms with Crippen LogP contribution in [0.4, 0.5) is 13.2 Å². The summed E-state index contributed by atoms with van der Waals surface area (Å²) in [7, 11) is 0. The van der Waals surface area contributed by atoms with Crippen LogP contribution in [0, 0.1) is 0 Å². The Balaban J connectivity index is 2.63. The van der Waals surface area contributed by atoms with Gasteiger partial charge in [0.2, 0.25) is 5.91 Å². The Morgan fingerprint density at radius 2 is 2.24 bits per heavy atom. The lowest BCUT2D eigenvalue weighted by Crippen LogP contribution is -2.51. The Hall–Kier alpha value is -0.755. The van der Waals surface area contributed by atoms with Crippen molar-refractivity contribution in [3.05, 3.63) is 0 Å². The zero-order valence-corrected chi connectivity index (χ0v) is 9.57. The number of alkyl halides is 3. The molecule has 0 radical (unpaired) electrons. The molecule has 1 aliphatic heterocycles. The number of hydrogen-bond acceptors (Lipinski definition) is 3. The van der Waals surface area contributed by atoms with E-state index in [4.69, 9.17) is 5.73 Å². The second-order valence-electron chi connectivity index (χ2n) is 4.41. The molecular formula is C9H16BF3N2O2. The van der Waals surface area contributed by atoms with Crippen LogP contribution in [0.25, 0.3) is 0 Å².